The van der Waals surface area contributed by atoms with Crippen LogP contribution in [0.4, 0.5) is 4.79 Å². The van der Waals surface area contributed by atoms with E-state index in [1.807, 2.05) is 30.3 Å². The summed E-state index contributed by atoms with van der Waals surface area (Å²) in [6, 6.07) is 8.87. The summed E-state index contributed by atoms with van der Waals surface area (Å²) in [4.78, 5) is 34.7. The number of carbonyl (C=O) groups is 3. The second kappa shape index (κ2) is 8.14. The van der Waals surface area contributed by atoms with E-state index in [4.69, 9.17) is 4.74 Å². The van der Waals surface area contributed by atoms with Crippen molar-refractivity contribution in [3.8, 4) is 0 Å². The first kappa shape index (κ1) is 16.0. The maximum absolute atomic E-state index is 11.7. The van der Waals surface area contributed by atoms with Crippen molar-refractivity contribution in [2.45, 2.75) is 25.5 Å². The molecule has 0 spiro atoms. The summed E-state index contributed by atoms with van der Waals surface area (Å²) in [5, 5.41) is 7.53. The van der Waals surface area contributed by atoms with E-state index in [1.165, 1.54) is 0 Å². The highest BCUT2D eigenvalue weighted by Gasteiger charge is 2.23. The van der Waals surface area contributed by atoms with Gasteiger partial charge < -0.3 is 15.4 Å². The lowest BCUT2D eigenvalue weighted by molar-refractivity contribution is -0.130. The van der Waals surface area contributed by atoms with Crippen LogP contribution in [0.2, 0.25) is 0 Å². The zero-order chi connectivity index (χ0) is 15.8. The standard InChI is InChI=1S/C15H19N3O4/c19-13(18-14(20)12-7-4-8-16-12)9-17-15(21)22-10-11-5-2-1-3-6-11/h1-3,5-6,12,16H,4,7-10H2,(H,17,21)(H,18,19,20). The molecule has 0 aromatic heterocycles. The van der Waals surface area contributed by atoms with Crippen LogP contribution in [0, 0.1) is 0 Å². The molecule has 22 heavy (non-hydrogen) atoms. The van der Waals surface area contributed by atoms with E-state index in [2.05, 4.69) is 16.0 Å². The van der Waals surface area contributed by atoms with Crippen LogP contribution >= 0.6 is 0 Å². The molecule has 3 amide bonds. The number of carbonyl (C=O) groups excluding carboxylic acids is 3. The van der Waals surface area contributed by atoms with E-state index < -0.39 is 12.0 Å². The number of rotatable bonds is 5. The highest BCUT2D eigenvalue weighted by molar-refractivity contribution is 5.99. The predicted molar refractivity (Wildman–Crippen MR) is 78.8 cm³/mol. The zero-order valence-corrected chi connectivity index (χ0v) is 12.1. The minimum Gasteiger partial charge on any atom is -0.445 e. The average molecular weight is 305 g/mol. The van der Waals surface area contributed by atoms with E-state index in [0.717, 1.165) is 18.5 Å². The van der Waals surface area contributed by atoms with Gasteiger partial charge in [-0.2, -0.15) is 0 Å². The predicted octanol–water partition coefficient (Wildman–Crippen LogP) is 0.308. The Kier molecular flexibility index (Phi) is 5.91. The van der Waals surface area contributed by atoms with E-state index in [-0.39, 0.29) is 25.1 Å². The number of alkyl carbamates (subject to hydrolysis) is 1. The first-order valence-corrected chi connectivity index (χ1v) is 7.17. The molecule has 1 aromatic rings. The lowest BCUT2D eigenvalue weighted by atomic mass is 10.2. The largest absolute Gasteiger partial charge is 0.445 e. The quantitative estimate of drug-likeness (QED) is 0.727. The van der Waals surface area contributed by atoms with Gasteiger partial charge in [0.15, 0.2) is 0 Å². The minimum absolute atomic E-state index is 0.124. The molecule has 2 rings (SSSR count). The fourth-order valence-corrected chi connectivity index (χ4v) is 2.10. The fraction of sp³-hybridized carbons (Fsp3) is 0.400. The first-order chi connectivity index (χ1) is 10.6. The number of ether oxygens (including phenoxy) is 1. The van der Waals surface area contributed by atoms with Crippen molar-refractivity contribution in [3.63, 3.8) is 0 Å². The molecule has 1 atom stereocenters. The molecule has 3 N–H and O–H groups in total. The molecule has 1 fully saturated rings. The Morgan fingerprint density at radius 1 is 1.23 bits per heavy atom. The summed E-state index contributed by atoms with van der Waals surface area (Å²) in [6.07, 6.45) is 0.924. The van der Waals surface area contributed by atoms with Gasteiger partial charge in [-0.25, -0.2) is 4.79 Å². The van der Waals surface area contributed by atoms with Gasteiger partial charge in [0, 0.05) is 0 Å². The maximum atomic E-state index is 11.7. The highest BCUT2D eigenvalue weighted by Crippen LogP contribution is 2.04. The van der Waals surface area contributed by atoms with Gasteiger partial charge in [0.25, 0.3) is 0 Å². The molecule has 0 bridgehead atoms. The van der Waals surface area contributed by atoms with Crippen molar-refractivity contribution in [2.24, 2.45) is 0 Å². The molecule has 1 unspecified atom stereocenters. The molecule has 7 heteroatoms. The van der Waals surface area contributed by atoms with E-state index in [9.17, 15) is 14.4 Å². The summed E-state index contributed by atoms with van der Waals surface area (Å²) in [5.41, 5.74) is 0.851. The molecule has 1 aliphatic heterocycles. The Morgan fingerprint density at radius 3 is 2.68 bits per heavy atom. The van der Waals surface area contributed by atoms with Gasteiger partial charge in [0.2, 0.25) is 11.8 Å². The SMILES string of the molecule is O=C(CNC(=O)OCc1ccccc1)NC(=O)C1CCCN1. The third-order valence-corrected chi connectivity index (χ3v) is 3.25. The van der Waals surface area contributed by atoms with Crippen LogP contribution in [0.3, 0.4) is 0 Å². The normalized spacial score (nSPS) is 16.8. The molecule has 7 nitrogen and oxygen atoms in total. The Morgan fingerprint density at radius 2 is 2.00 bits per heavy atom. The molecule has 1 aliphatic rings. The van der Waals surface area contributed by atoms with Crippen LogP contribution < -0.4 is 16.0 Å². The van der Waals surface area contributed by atoms with E-state index >= 15 is 0 Å². The third kappa shape index (κ3) is 5.17. The van der Waals surface area contributed by atoms with Gasteiger partial charge in [-0.1, -0.05) is 30.3 Å². The minimum atomic E-state index is -0.703. The van der Waals surface area contributed by atoms with Crippen LogP contribution in [0.25, 0.3) is 0 Å². The van der Waals surface area contributed by atoms with Crippen LogP contribution in [0.1, 0.15) is 18.4 Å². The number of amides is 3. The number of benzene rings is 1. The van der Waals surface area contributed by atoms with Crippen molar-refractivity contribution < 1.29 is 19.1 Å². The zero-order valence-electron chi connectivity index (χ0n) is 12.1. The molecule has 1 heterocycles. The second-order valence-electron chi connectivity index (χ2n) is 4.98. The molecular formula is C15H19N3O4. The monoisotopic (exact) mass is 305 g/mol. The highest BCUT2D eigenvalue weighted by atomic mass is 16.5. The second-order valence-corrected chi connectivity index (χ2v) is 4.98. The maximum Gasteiger partial charge on any atom is 0.407 e. The van der Waals surface area contributed by atoms with E-state index in [1.54, 1.807) is 0 Å². The van der Waals surface area contributed by atoms with Gasteiger partial charge >= 0.3 is 6.09 Å². The first-order valence-electron chi connectivity index (χ1n) is 7.17. The summed E-state index contributed by atoms with van der Waals surface area (Å²) in [6.45, 7) is 0.599. The molecule has 1 aromatic carbocycles. The molecular weight excluding hydrogens is 286 g/mol. The third-order valence-electron chi connectivity index (χ3n) is 3.25. The molecule has 118 valence electrons. The van der Waals surface area contributed by atoms with Crippen LogP contribution in [0.5, 0.6) is 0 Å². The summed E-state index contributed by atoms with van der Waals surface area (Å²) in [7, 11) is 0. The Balaban J connectivity index is 1.63. The number of hydrogen-bond acceptors (Lipinski definition) is 5. The van der Waals surface area contributed by atoms with Gasteiger partial charge in [-0.05, 0) is 24.9 Å². The Labute approximate surface area is 128 Å². The molecule has 0 aliphatic carbocycles. The van der Waals surface area contributed by atoms with Gasteiger partial charge in [-0.3, -0.25) is 14.9 Å². The van der Waals surface area contributed by atoms with Crippen molar-refractivity contribution >= 4 is 17.9 Å². The molecule has 0 saturated carbocycles. The smallest absolute Gasteiger partial charge is 0.407 e. The number of nitrogens with one attached hydrogen (secondary N) is 3. The fourth-order valence-electron chi connectivity index (χ4n) is 2.10. The van der Waals surface area contributed by atoms with Crippen LogP contribution in [0.15, 0.2) is 30.3 Å². The summed E-state index contributed by atoms with van der Waals surface area (Å²) >= 11 is 0. The molecule has 1 saturated heterocycles. The summed E-state index contributed by atoms with van der Waals surface area (Å²) < 4.78 is 4.96. The van der Waals surface area contributed by atoms with Gasteiger partial charge in [-0.15, -0.1) is 0 Å². The lowest BCUT2D eigenvalue weighted by Crippen LogP contribution is -2.46. The summed E-state index contributed by atoms with van der Waals surface area (Å²) in [5.74, 6) is -0.919. The average Bonchev–Trinajstić information content (AvgIpc) is 3.06. The van der Waals surface area contributed by atoms with Crippen LogP contribution in [-0.2, 0) is 20.9 Å². The van der Waals surface area contributed by atoms with Gasteiger partial charge in [0.1, 0.15) is 13.2 Å². The number of hydrogen-bond donors (Lipinski definition) is 3. The van der Waals surface area contributed by atoms with Gasteiger partial charge in [0.05, 0.1) is 6.04 Å². The van der Waals surface area contributed by atoms with E-state index in [0.29, 0.717) is 6.42 Å². The van der Waals surface area contributed by atoms with Crippen molar-refractivity contribution in [2.75, 3.05) is 13.1 Å². The Bertz CT molecular complexity index is 527. The van der Waals surface area contributed by atoms with Crippen molar-refractivity contribution in [3.05, 3.63) is 35.9 Å². The van der Waals surface area contributed by atoms with Crippen molar-refractivity contribution in [1.82, 2.24) is 16.0 Å². The van der Waals surface area contributed by atoms with Crippen LogP contribution in [-0.4, -0.2) is 37.0 Å². The molecule has 0 radical (unpaired) electrons. The topological polar surface area (TPSA) is 96.5 Å². The number of imide groups is 1. The Hall–Kier alpha value is -2.41. The lowest BCUT2D eigenvalue weighted by Gasteiger charge is -2.10. The van der Waals surface area contributed by atoms with Crippen molar-refractivity contribution in [1.29, 1.82) is 0 Å².